The van der Waals surface area contributed by atoms with Crippen LogP contribution < -0.4 is 11.1 Å². The number of halogens is 1. The standard InChI is InChI=1S/C13H16BrN3/c1-8(2)6-17-13-10(15)7-16-11-5-3-4-9(14)12(11)13/h3-5,7-8H,6,15H2,1-2H3,(H,16,17). The predicted molar refractivity (Wildman–Crippen MR) is 77.2 cm³/mol. The molecular weight excluding hydrogens is 278 g/mol. The molecule has 1 aromatic heterocycles. The van der Waals surface area contributed by atoms with Gasteiger partial charge in [0.1, 0.15) is 0 Å². The molecule has 0 spiro atoms. The number of fused-ring (bicyclic) bond motifs is 1. The first kappa shape index (κ1) is 12.2. The van der Waals surface area contributed by atoms with Gasteiger partial charge in [-0.15, -0.1) is 0 Å². The summed E-state index contributed by atoms with van der Waals surface area (Å²) in [6, 6.07) is 5.96. The Morgan fingerprint density at radius 2 is 2.18 bits per heavy atom. The molecule has 0 saturated heterocycles. The molecule has 90 valence electrons. The Morgan fingerprint density at radius 1 is 1.41 bits per heavy atom. The first-order valence-corrected chi connectivity index (χ1v) is 6.45. The zero-order valence-electron chi connectivity index (χ0n) is 10.00. The maximum absolute atomic E-state index is 6.00. The van der Waals surface area contributed by atoms with Crippen molar-refractivity contribution in [3.05, 3.63) is 28.9 Å². The van der Waals surface area contributed by atoms with Gasteiger partial charge in [0.2, 0.25) is 0 Å². The van der Waals surface area contributed by atoms with Crippen LogP contribution >= 0.6 is 15.9 Å². The smallest absolute Gasteiger partial charge is 0.0743 e. The van der Waals surface area contributed by atoms with Crippen LogP contribution in [0.5, 0.6) is 0 Å². The first-order valence-electron chi connectivity index (χ1n) is 5.66. The second kappa shape index (κ2) is 4.92. The van der Waals surface area contributed by atoms with Crippen LogP contribution in [0.4, 0.5) is 11.4 Å². The van der Waals surface area contributed by atoms with E-state index in [9.17, 15) is 0 Å². The van der Waals surface area contributed by atoms with Crippen LogP contribution in [0.1, 0.15) is 13.8 Å². The Hall–Kier alpha value is -1.29. The minimum absolute atomic E-state index is 0.570. The van der Waals surface area contributed by atoms with Gasteiger partial charge in [-0.05, 0) is 18.1 Å². The number of nitrogen functional groups attached to an aromatic ring is 1. The van der Waals surface area contributed by atoms with E-state index in [1.54, 1.807) is 6.20 Å². The average Bonchev–Trinajstić information content (AvgIpc) is 2.28. The minimum atomic E-state index is 0.570. The molecule has 4 heteroatoms. The maximum Gasteiger partial charge on any atom is 0.0743 e. The third-order valence-electron chi connectivity index (χ3n) is 2.56. The van der Waals surface area contributed by atoms with Gasteiger partial charge in [-0.1, -0.05) is 35.8 Å². The van der Waals surface area contributed by atoms with E-state index < -0.39 is 0 Å². The summed E-state index contributed by atoms with van der Waals surface area (Å²) in [5, 5.41) is 4.45. The fraction of sp³-hybridized carbons (Fsp3) is 0.308. The highest BCUT2D eigenvalue weighted by Gasteiger charge is 2.09. The first-order chi connectivity index (χ1) is 8.09. The number of hydrogen-bond acceptors (Lipinski definition) is 3. The van der Waals surface area contributed by atoms with E-state index in [1.807, 2.05) is 18.2 Å². The van der Waals surface area contributed by atoms with Crippen LogP contribution in [0.3, 0.4) is 0 Å². The summed E-state index contributed by atoms with van der Waals surface area (Å²) < 4.78 is 1.01. The van der Waals surface area contributed by atoms with Crippen molar-refractivity contribution in [1.82, 2.24) is 4.98 Å². The Morgan fingerprint density at radius 3 is 2.88 bits per heavy atom. The molecule has 0 radical (unpaired) electrons. The average molecular weight is 294 g/mol. The summed E-state index contributed by atoms with van der Waals surface area (Å²) in [4.78, 5) is 4.33. The third kappa shape index (κ3) is 2.52. The Kier molecular flexibility index (Phi) is 3.52. The van der Waals surface area contributed by atoms with Crippen LogP contribution in [0.15, 0.2) is 28.9 Å². The van der Waals surface area contributed by atoms with Gasteiger partial charge in [0.25, 0.3) is 0 Å². The fourth-order valence-electron chi connectivity index (χ4n) is 1.71. The van der Waals surface area contributed by atoms with Gasteiger partial charge in [0, 0.05) is 16.4 Å². The van der Waals surface area contributed by atoms with Crippen molar-refractivity contribution in [2.75, 3.05) is 17.6 Å². The number of nitrogens with one attached hydrogen (secondary N) is 1. The largest absolute Gasteiger partial charge is 0.396 e. The summed E-state index contributed by atoms with van der Waals surface area (Å²) in [5.74, 6) is 0.570. The summed E-state index contributed by atoms with van der Waals surface area (Å²) >= 11 is 3.55. The second-order valence-corrected chi connectivity index (χ2v) is 5.35. The van der Waals surface area contributed by atoms with Gasteiger partial charge in [0.05, 0.1) is 23.1 Å². The zero-order chi connectivity index (χ0) is 12.4. The van der Waals surface area contributed by atoms with Crippen molar-refractivity contribution < 1.29 is 0 Å². The lowest BCUT2D eigenvalue weighted by molar-refractivity contribution is 0.689. The third-order valence-corrected chi connectivity index (χ3v) is 3.22. The Bertz CT molecular complexity index is 537. The molecule has 0 atom stereocenters. The van der Waals surface area contributed by atoms with E-state index in [0.717, 1.165) is 27.6 Å². The Labute approximate surface area is 110 Å². The zero-order valence-corrected chi connectivity index (χ0v) is 11.6. The number of pyridine rings is 1. The normalized spacial score (nSPS) is 11.1. The van der Waals surface area contributed by atoms with Crippen molar-refractivity contribution in [2.45, 2.75) is 13.8 Å². The summed E-state index contributed by atoms with van der Waals surface area (Å²) in [7, 11) is 0. The summed E-state index contributed by atoms with van der Waals surface area (Å²) in [6.45, 7) is 5.23. The number of benzene rings is 1. The van der Waals surface area contributed by atoms with E-state index in [2.05, 4.69) is 40.1 Å². The molecule has 0 aliphatic carbocycles. The van der Waals surface area contributed by atoms with E-state index in [0.29, 0.717) is 11.6 Å². The van der Waals surface area contributed by atoms with Gasteiger partial charge in [-0.2, -0.15) is 0 Å². The van der Waals surface area contributed by atoms with Gasteiger partial charge in [0.15, 0.2) is 0 Å². The summed E-state index contributed by atoms with van der Waals surface area (Å²) in [6.07, 6.45) is 1.71. The highest BCUT2D eigenvalue weighted by atomic mass is 79.9. The van der Waals surface area contributed by atoms with E-state index in [4.69, 9.17) is 5.73 Å². The number of nitrogens with two attached hydrogens (primary N) is 1. The van der Waals surface area contributed by atoms with Crippen LogP contribution in [0.2, 0.25) is 0 Å². The van der Waals surface area contributed by atoms with E-state index >= 15 is 0 Å². The number of aromatic nitrogens is 1. The molecule has 0 fully saturated rings. The molecule has 3 nitrogen and oxygen atoms in total. The van der Waals surface area contributed by atoms with Crippen molar-refractivity contribution in [3.8, 4) is 0 Å². The predicted octanol–water partition coefficient (Wildman–Crippen LogP) is 3.65. The van der Waals surface area contributed by atoms with Gasteiger partial charge < -0.3 is 11.1 Å². The lowest BCUT2D eigenvalue weighted by Crippen LogP contribution is -2.10. The fourth-order valence-corrected chi connectivity index (χ4v) is 2.27. The lowest BCUT2D eigenvalue weighted by atomic mass is 10.1. The molecule has 3 N–H and O–H groups in total. The minimum Gasteiger partial charge on any atom is -0.396 e. The number of anilines is 2. The van der Waals surface area contributed by atoms with Crippen LogP contribution in [0.25, 0.3) is 10.9 Å². The SMILES string of the molecule is CC(C)CNc1c(N)cnc2cccc(Br)c12. The molecule has 0 saturated carbocycles. The second-order valence-electron chi connectivity index (χ2n) is 4.50. The number of nitrogens with zero attached hydrogens (tertiary/aromatic N) is 1. The van der Waals surface area contributed by atoms with Gasteiger partial charge in [-0.3, -0.25) is 4.98 Å². The Balaban J connectivity index is 2.54. The molecule has 1 heterocycles. The van der Waals surface area contributed by atoms with Crippen LogP contribution in [-0.2, 0) is 0 Å². The molecule has 0 amide bonds. The number of hydrogen-bond donors (Lipinski definition) is 2. The molecule has 0 bridgehead atoms. The molecule has 2 aromatic rings. The quantitative estimate of drug-likeness (QED) is 0.908. The lowest BCUT2D eigenvalue weighted by Gasteiger charge is -2.14. The van der Waals surface area contributed by atoms with Gasteiger partial charge >= 0.3 is 0 Å². The van der Waals surface area contributed by atoms with Crippen molar-refractivity contribution in [2.24, 2.45) is 5.92 Å². The molecule has 0 aliphatic heterocycles. The molecule has 0 aliphatic rings. The van der Waals surface area contributed by atoms with Crippen LogP contribution in [0, 0.1) is 5.92 Å². The highest BCUT2D eigenvalue weighted by molar-refractivity contribution is 9.10. The van der Waals surface area contributed by atoms with Gasteiger partial charge in [-0.25, -0.2) is 0 Å². The molecule has 1 aromatic carbocycles. The topological polar surface area (TPSA) is 50.9 Å². The monoisotopic (exact) mass is 293 g/mol. The molecule has 17 heavy (non-hydrogen) atoms. The summed E-state index contributed by atoms with van der Waals surface area (Å²) in [5.41, 5.74) is 8.59. The van der Waals surface area contributed by atoms with E-state index in [1.165, 1.54) is 0 Å². The van der Waals surface area contributed by atoms with Crippen molar-refractivity contribution >= 4 is 38.2 Å². The van der Waals surface area contributed by atoms with Crippen molar-refractivity contribution in [1.29, 1.82) is 0 Å². The molecule has 2 rings (SSSR count). The van der Waals surface area contributed by atoms with Crippen LogP contribution in [-0.4, -0.2) is 11.5 Å². The van der Waals surface area contributed by atoms with E-state index in [-0.39, 0.29) is 0 Å². The van der Waals surface area contributed by atoms with Crippen molar-refractivity contribution in [3.63, 3.8) is 0 Å². The molecular formula is C13H16BrN3. The number of rotatable bonds is 3. The highest BCUT2D eigenvalue weighted by Crippen LogP contribution is 2.33. The molecule has 0 unspecified atom stereocenters. The maximum atomic E-state index is 6.00.